The zero-order valence-corrected chi connectivity index (χ0v) is 9.68. The van der Waals surface area contributed by atoms with Gasteiger partial charge in [0.1, 0.15) is 0 Å². The van der Waals surface area contributed by atoms with Gasteiger partial charge in [0.05, 0.1) is 5.69 Å². The van der Waals surface area contributed by atoms with Crippen LogP contribution in [0.15, 0.2) is 35.1 Å². The van der Waals surface area contributed by atoms with Crippen molar-refractivity contribution in [2.24, 2.45) is 12.8 Å². The fraction of sp³-hybridized carbons (Fsp3) is 0.167. The van der Waals surface area contributed by atoms with Gasteiger partial charge in [-0.2, -0.15) is 0 Å². The Kier molecular flexibility index (Phi) is 2.59. The second kappa shape index (κ2) is 3.93. The number of hydrogen-bond acceptors (Lipinski definition) is 2. The summed E-state index contributed by atoms with van der Waals surface area (Å²) in [5, 5.41) is 0. The maximum atomic E-state index is 11.7. The minimum absolute atomic E-state index is 0.100. The van der Waals surface area contributed by atoms with Crippen LogP contribution in [0, 0.1) is 6.92 Å². The van der Waals surface area contributed by atoms with Crippen LogP contribution < -0.4 is 11.3 Å². The van der Waals surface area contributed by atoms with E-state index in [-0.39, 0.29) is 5.56 Å². The van der Waals surface area contributed by atoms with Gasteiger partial charge in [-0.1, -0.05) is 0 Å². The van der Waals surface area contributed by atoms with Crippen LogP contribution in [0.5, 0.6) is 0 Å². The zero-order valence-electron chi connectivity index (χ0n) is 9.68. The Morgan fingerprint density at radius 1 is 1.24 bits per heavy atom. The molecule has 2 aromatic rings. The number of nitrogens with zero attached hydrogens (tertiary/aromatic N) is 2. The number of carbonyl (C=O) groups is 1. The Morgan fingerprint density at radius 3 is 2.24 bits per heavy atom. The SMILES string of the molecule is Cc1cc(=O)n(-c2ccc(C(N)=O)cc2)n1C. The maximum absolute atomic E-state index is 11.7. The minimum atomic E-state index is -0.480. The summed E-state index contributed by atoms with van der Waals surface area (Å²) in [6.07, 6.45) is 0. The first kappa shape index (κ1) is 11.2. The Morgan fingerprint density at radius 2 is 1.82 bits per heavy atom. The van der Waals surface area contributed by atoms with E-state index in [4.69, 9.17) is 5.73 Å². The Hall–Kier alpha value is -2.30. The summed E-state index contributed by atoms with van der Waals surface area (Å²) in [5.74, 6) is -0.480. The molecule has 1 aromatic heterocycles. The van der Waals surface area contributed by atoms with Crippen molar-refractivity contribution in [3.8, 4) is 5.69 Å². The number of aryl methyl sites for hydroxylation is 1. The summed E-state index contributed by atoms with van der Waals surface area (Å²) in [7, 11) is 1.80. The van der Waals surface area contributed by atoms with Crippen LogP contribution in [0.4, 0.5) is 0 Å². The van der Waals surface area contributed by atoms with Crippen molar-refractivity contribution in [2.75, 3.05) is 0 Å². The van der Waals surface area contributed by atoms with Crippen LogP contribution in [0.2, 0.25) is 0 Å². The van der Waals surface area contributed by atoms with Gasteiger partial charge in [-0.25, -0.2) is 4.68 Å². The van der Waals surface area contributed by atoms with E-state index in [1.807, 2.05) is 6.92 Å². The molecule has 0 aliphatic heterocycles. The molecular weight excluding hydrogens is 218 g/mol. The topological polar surface area (TPSA) is 70.0 Å². The second-order valence-electron chi connectivity index (χ2n) is 3.87. The largest absolute Gasteiger partial charge is 0.366 e. The van der Waals surface area contributed by atoms with E-state index >= 15 is 0 Å². The van der Waals surface area contributed by atoms with Crippen molar-refractivity contribution in [3.63, 3.8) is 0 Å². The van der Waals surface area contributed by atoms with Crippen LogP contribution in [0.3, 0.4) is 0 Å². The third-order valence-electron chi connectivity index (χ3n) is 2.75. The fourth-order valence-electron chi connectivity index (χ4n) is 1.71. The third-order valence-corrected chi connectivity index (χ3v) is 2.75. The van der Waals surface area contributed by atoms with Crippen molar-refractivity contribution >= 4 is 5.91 Å². The van der Waals surface area contributed by atoms with Crippen molar-refractivity contribution in [2.45, 2.75) is 6.92 Å². The molecule has 5 nitrogen and oxygen atoms in total. The van der Waals surface area contributed by atoms with E-state index in [9.17, 15) is 9.59 Å². The molecule has 2 rings (SSSR count). The average molecular weight is 231 g/mol. The highest BCUT2D eigenvalue weighted by molar-refractivity contribution is 5.92. The highest BCUT2D eigenvalue weighted by Gasteiger charge is 2.07. The molecule has 2 N–H and O–H groups in total. The van der Waals surface area contributed by atoms with Gasteiger partial charge >= 0.3 is 0 Å². The lowest BCUT2D eigenvalue weighted by Crippen LogP contribution is -2.19. The zero-order chi connectivity index (χ0) is 12.6. The predicted octanol–water partition coefficient (Wildman–Crippen LogP) is 0.583. The molecule has 0 radical (unpaired) electrons. The lowest BCUT2D eigenvalue weighted by atomic mass is 10.2. The van der Waals surface area contributed by atoms with Crippen LogP contribution in [0.25, 0.3) is 5.69 Å². The molecule has 0 bridgehead atoms. The minimum Gasteiger partial charge on any atom is -0.366 e. The van der Waals surface area contributed by atoms with Crippen molar-refractivity contribution < 1.29 is 4.79 Å². The Labute approximate surface area is 98.1 Å². The Bertz CT molecular complexity index is 620. The van der Waals surface area contributed by atoms with E-state index in [1.54, 1.807) is 42.1 Å². The molecular formula is C12H13N3O2. The van der Waals surface area contributed by atoms with Crippen molar-refractivity contribution in [3.05, 3.63) is 51.9 Å². The van der Waals surface area contributed by atoms with Gasteiger partial charge in [0.2, 0.25) is 5.91 Å². The van der Waals surface area contributed by atoms with Gasteiger partial charge in [-0.05, 0) is 31.2 Å². The molecule has 0 spiro atoms. The van der Waals surface area contributed by atoms with Gasteiger partial charge in [0.15, 0.2) is 0 Å². The highest BCUT2D eigenvalue weighted by atomic mass is 16.1. The standard InChI is InChI=1S/C12H13N3O2/c1-8-7-11(16)15(14(8)2)10-5-3-9(4-6-10)12(13)17/h3-7H,1-2H3,(H2,13,17). The van der Waals surface area contributed by atoms with Crippen molar-refractivity contribution in [1.82, 2.24) is 9.36 Å². The number of nitrogens with two attached hydrogens (primary N) is 1. The van der Waals surface area contributed by atoms with Gasteiger partial charge in [0, 0.05) is 24.4 Å². The molecule has 0 aliphatic carbocycles. The number of rotatable bonds is 2. The number of aromatic nitrogens is 2. The van der Waals surface area contributed by atoms with Gasteiger partial charge < -0.3 is 5.73 Å². The number of hydrogen-bond donors (Lipinski definition) is 1. The summed E-state index contributed by atoms with van der Waals surface area (Å²) in [4.78, 5) is 22.7. The van der Waals surface area contributed by atoms with Crippen LogP contribution in [-0.2, 0) is 7.05 Å². The highest BCUT2D eigenvalue weighted by Crippen LogP contribution is 2.08. The summed E-state index contributed by atoms with van der Waals surface area (Å²) in [6.45, 7) is 1.86. The molecule has 0 atom stereocenters. The molecule has 1 amide bonds. The second-order valence-corrected chi connectivity index (χ2v) is 3.87. The van der Waals surface area contributed by atoms with Crippen LogP contribution in [-0.4, -0.2) is 15.3 Å². The van der Waals surface area contributed by atoms with E-state index in [1.165, 1.54) is 4.68 Å². The first-order chi connectivity index (χ1) is 8.00. The fourth-order valence-corrected chi connectivity index (χ4v) is 1.71. The van der Waals surface area contributed by atoms with E-state index in [2.05, 4.69) is 0 Å². The quantitative estimate of drug-likeness (QED) is 0.821. The lowest BCUT2D eigenvalue weighted by molar-refractivity contribution is 0.100. The molecule has 0 aliphatic rings. The molecule has 17 heavy (non-hydrogen) atoms. The summed E-state index contributed by atoms with van der Waals surface area (Å²) in [6, 6.07) is 8.16. The number of primary amides is 1. The molecule has 0 fully saturated rings. The van der Waals surface area contributed by atoms with Gasteiger partial charge in [-0.3, -0.25) is 14.3 Å². The van der Waals surface area contributed by atoms with Gasteiger partial charge in [0.25, 0.3) is 5.56 Å². The smallest absolute Gasteiger partial charge is 0.271 e. The van der Waals surface area contributed by atoms with Crippen LogP contribution in [0.1, 0.15) is 16.1 Å². The first-order valence-electron chi connectivity index (χ1n) is 5.16. The summed E-state index contributed by atoms with van der Waals surface area (Å²) >= 11 is 0. The molecule has 0 unspecified atom stereocenters. The van der Waals surface area contributed by atoms with Crippen LogP contribution >= 0.6 is 0 Å². The van der Waals surface area contributed by atoms with E-state index in [0.29, 0.717) is 11.3 Å². The Balaban J connectivity index is 2.54. The average Bonchev–Trinajstić information content (AvgIpc) is 2.53. The molecule has 5 heteroatoms. The van der Waals surface area contributed by atoms with E-state index < -0.39 is 5.91 Å². The molecule has 1 aromatic carbocycles. The third kappa shape index (κ3) is 1.87. The summed E-state index contributed by atoms with van der Waals surface area (Å²) < 4.78 is 3.28. The monoisotopic (exact) mass is 231 g/mol. The number of amides is 1. The lowest BCUT2D eigenvalue weighted by Gasteiger charge is -2.08. The number of benzene rings is 1. The van der Waals surface area contributed by atoms with E-state index in [0.717, 1.165) is 5.69 Å². The van der Waals surface area contributed by atoms with Crippen molar-refractivity contribution in [1.29, 1.82) is 0 Å². The first-order valence-corrected chi connectivity index (χ1v) is 5.16. The maximum Gasteiger partial charge on any atom is 0.271 e. The molecule has 0 saturated carbocycles. The predicted molar refractivity (Wildman–Crippen MR) is 64.3 cm³/mol. The van der Waals surface area contributed by atoms with Gasteiger partial charge in [-0.15, -0.1) is 0 Å². The normalized spacial score (nSPS) is 10.5. The summed E-state index contributed by atoms with van der Waals surface area (Å²) in [5.41, 5.74) is 7.05. The molecule has 0 saturated heterocycles. The molecule has 88 valence electrons. The number of carbonyl (C=O) groups excluding carboxylic acids is 1. The molecule has 1 heterocycles.